The first-order valence-electron chi connectivity index (χ1n) is 3.69. The monoisotopic (exact) mass is 218 g/mol. The highest BCUT2D eigenvalue weighted by Crippen LogP contribution is 2.25. The molecule has 0 aromatic heterocycles. The number of benzene rings is 1. The highest BCUT2D eigenvalue weighted by atomic mass is 35.5. The second-order valence-corrected chi connectivity index (χ2v) is 3.26. The van der Waals surface area contributed by atoms with Crippen molar-refractivity contribution < 1.29 is 9.90 Å². The van der Waals surface area contributed by atoms with E-state index in [1.807, 2.05) is 0 Å². The van der Waals surface area contributed by atoms with E-state index in [9.17, 15) is 9.90 Å². The van der Waals surface area contributed by atoms with E-state index >= 15 is 0 Å². The molecule has 1 aromatic rings. The largest absolute Gasteiger partial charge is 0.508 e. The highest BCUT2D eigenvalue weighted by Gasteiger charge is 2.09. The molecule has 0 heterocycles. The third-order valence-corrected chi connectivity index (χ3v) is 2.27. The lowest BCUT2D eigenvalue weighted by atomic mass is 10.1. The molecule has 0 amide bonds. The van der Waals surface area contributed by atoms with Crippen LogP contribution in [0.5, 0.6) is 5.75 Å². The second kappa shape index (κ2) is 4.49. The fourth-order valence-corrected chi connectivity index (χ4v) is 1.30. The van der Waals surface area contributed by atoms with Crippen LogP contribution in [0.2, 0.25) is 5.02 Å². The van der Waals surface area contributed by atoms with Gasteiger partial charge in [0.1, 0.15) is 5.75 Å². The predicted molar refractivity (Wildman–Crippen MR) is 52.5 cm³/mol. The van der Waals surface area contributed by atoms with Crippen molar-refractivity contribution in [2.24, 2.45) is 0 Å². The zero-order valence-corrected chi connectivity index (χ0v) is 8.27. The molecule has 0 radical (unpaired) electrons. The molecule has 0 saturated carbocycles. The summed E-state index contributed by atoms with van der Waals surface area (Å²) in [4.78, 5) is 11.0. The van der Waals surface area contributed by atoms with Gasteiger partial charge >= 0.3 is 0 Å². The van der Waals surface area contributed by atoms with Crippen LogP contribution < -0.4 is 0 Å². The maximum atomic E-state index is 11.0. The Morgan fingerprint density at radius 2 is 2.15 bits per heavy atom. The minimum absolute atomic E-state index is 0.0333. The third kappa shape index (κ3) is 2.61. The van der Waals surface area contributed by atoms with Gasteiger partial charge in [-0.25, -0.2) is 0 Å². The van der Waals surface area contributed by atoms with Crippen molar-refractivity contribution in [1.82, 2.24) is 0 Å². The quantitative estimate of drug-likeness (QED) is 0.792. The summed E-state index contributed by atoms with van der Waals surface area (Å²) in [7, 11) is 0. The molecule has 0 spiro atoms. The van der Waals surface area contributed by atoms with Crippen molar-refractivity contribution in [2.45, 2.75) is 6.42 Å². The van der Waals surface area contributed by atoms with Crippen LogP contribution >= 0.6 is 23.2 Å². The molecule has 0 aliphatic carbocycles. The van der Waals surface area contributed by atoms with Crippen LogP contribution in [0.1, 0.15) is 5.56 Å². The molecule has 0 unspecified atom stereocenters. The molecular formula is C9H8Cl2O2. The summed E-state index contributed by atoms with van der Waals surface area (Å²) in [5, 5.41) is 9.74. The van der Waals surface area contributed by atoms with Crippen LogP contribution in [-0.4, -0.2) is 16.8 Å². The number of carbonyl (C=O) groups is 1. The Morgan fingerprint density at radius 1 is 1.46 bits per heavy atom. The molecule has 2 nitrogen and oxygen atoms in total. The van der Waals surface area contributed by atoms with Gasteiger partial charge in [0.2, 0.25) is 0 Å². The highest BCUT2D eigenvalue weighted by molar-refractivity contribution is 6.32. The Balaban J connectivity index is 2.93. The summed E-state index contributed by atoms with van der Waals surface area (Å²) in [6, 6.07) is 4.73. The van der Waals surface area contributed by atoms with Crippen molar-refractivity contribution in [3.05, 3.63) is 28.8 Å². The van der Waals surface area contributed by atoms with Gasteiger partial charge in [-0.2, -0.15) is 0 Å². The summed E-state index contributed by atoms with van der Waals surface area (Å²) in [6.07, 6.45) is 0.0784. The van der Waals surface area contributed by atoms with E-state index in [2.05, 4.69) is 0 Å². The van der Waals surface area contributed by atoms with Crippen LogP contribution in [0.4, 0.5) is 0 Å². The number of hydrogen-bond donors (Lipinski definition) is 1. The van der Waals surface area contributed by atoms with Gasteiger partial charge in [-0.05, 0) is 12.1 Å². The van der Waals surface area contributed by atoms with Crippen LogP contribution in [0.15, 0.2) is 18.2 Å². The third-order valence-electron chi connectivity index (χ3n) is 1.62. The van der Waals surface area contributed by atoms with E-state index in [0.29, 0.717) is 10.6 Å². The molecule has 0 atom stereocenters. The molecule has 0 bridgehead atoms. The van der Waals surface area contributed by atoms with E-state index in [1.165, 1.54) is 6.07 Å². The van der Waals surface area contributed by atoms with Crippen molar-refractivity contribution in [3.8, 4) is 5.75 Å². The smallest absolute Gasteiger partial charge is 0.152 e. The topological polar surface area (TPSA) is 37.3 Å². The van der Waals surface area contributed by atoms with E-state index in [4.69, 9.17) is 23.2 Å². The fraction of sp³-hybridized carbons (Fsp3) is 0.222. The van der Waals surface area contributed by atoms with Gasteiger partial charge in [0.05, 0.1) is 5.88 Å². The summed E-state index contributed by atoms with van der Waals surface area (Å²) >= 11 is 11.1. The molecule has 1 N–H and O–H groups in total. The first-order chi connectivity index (χ1) is 6.15. The number of Topliss-reactive ketones (excluding diaryl/α,β-unsaturated/α-hetero) is 1. The Kier molecular flexibility index (Phi) is 3.58. The molecule has 1 aromatic carbocycles. The van der Waals surface area contributed by atoms with Gasteiger partial charge in [-0.3, -0.25) is 4.79 Å². The molecule has 1 rings (SSSR count). The van der Waals surface area contributed by atoms with Gasteiger partial charge in [0, 0.05) is 17.0 Å². The summed E-state index contributed by atoms with van der Waals surface area (Å²) < 4.78 is 0. The van der Waals surface area contributed by atoms with Crippen LogP contribution in [0.25, 0.3) is 0 Å². The van der Waals surface area contributed by atoms with Crippen LogP contribution in [0, 0.1) is 0 Å². The zero-order valence-electron chi connectivity index (χ0n) is 6.76. The fourth-order valence-electron chi connectivity index (χ4n) is 0.967. The number of ketones is 1. The lowest BCUT2D eigenvalue weighted by Gasteiger charge is -2.04. The van der Waals surface area contributed by atoms with Gasteiger partial charge in [0.25, 0.3) is 0 Å². The van der Waals surface area contributed by atoms with Gasteiger partial charge in [0.15, 0.2) is 5.78 Å². The summed E-state index contributed by atoms with van der Waals surface area (Å²) in [5.74, 6) is -0.193. The first-order valence-corrected chi connectivity index (χ1v) is 4.60. The Morgan fingerprint density at radius 3 is 2.69 bits per heavy atom. The van der Waals surface area contributed by atoms with Crippen molar-refractivity contribution in [2.75, 3.05) is 5.88 Å². The summed E-state index contributed by atoms with van der Waals surface area (Å²) in [6.45, 7) is 0. The standard InChI is InChI=1S/C9H8Cl2O2/c10-5-6(12)4-7-8(11)2-1-3-9(7)13/h1-3,13H,4-5H2. The number of rotatable bonds is 3. The zero-order chi connectivity index (χ0) is 9.84. The number of aromatic hydroxyl groups is 1. The Hall–Kier alpha value is -0.730. The SMILES string of the molecule is O=C(CCl)Cc1c(O)cccc1Cl. The molecule has 13 heavy (non-hydrogen) atoms. The van der Waals surface area contributed by atoms with Gasteiger partial charge in [-0.15, -0.1) is 11.6 Å². The normalized spacial score (nSPS) is 10.0. The molecule has 4 heteroatoms. The molecule has 0 fully saturated rings. The number of hydrogen-bond acceptors (Lipinski definition) is 2. The lowest BCUT2D eigenvalue weighted by Crippen LogP contribution is -2.04. The Labute approximate surface area is 86.1 Å². The molecular weight excluding hydrogens is 211 g/mol. The van der Waals surface area contributed by atoms with E-state index < -0.39 is 0 Å². The molecule has 0 aliphatic heterocycles. The van der Waals surface area contributed by atoms with Gasteiger partial charge < -0.3 is 5.11 Å². The van der Waals surface area contributed by atoms with Crippen molar-refractivity contribution in [3.63, 3.8) is 0 Å². The Bertz CT molecular complexity index is 303. The van der Waals surface area contributed by atoms with E-state index in [1.54, 1.807) is 12.1 Å². The number of carbonyl (C=O) groups excluding carboxylic acids is 1. The van der Waals surface area contributed by atoms with Crippen LogP contribution in [0.3, 0.4) is 0 Å². The number of phenols is 1. The van der Waals surface area contributed by atoms with E-state index in [0.717, 1.165) is 0 Å². The number of alkyl halides is 1. The maximum absolute atomic E-state index is 11.0. The lowest BCUT2D eigenvalue weighted by molar-refractivity contribution is -0.116. The molecule has 0 aliphatic rings. The number of halogens is 2. The average Bonchev–Trinajstić information content (AvgIpc) is 2.11. The van der Waals surface area contributed by atoms with Crippen LogP contribution in [-0.2, 0) is 11.2 Å². The predicted octanol–water partition coefficient (Wildman–Crippen LogP) is 2.40. The summed E-state index contributed by atoms with van der Waals surface area (Å²) in [5.41, 5.74) is 0.440. The minimum Gasteiger partial charge on any atom is -0.508 e. The van der Waals surface area contributed by atoms with E-state index in [-0.39, 0.29) is 23.8 Å². The van der Waals surface area contributed by atoms with Crippen molar-refractivity contribution >= 4 is 29.0 Å². The molecule has 70 valence electrons. The average molecular weight is 219 g/mol. The second-order valence-electron chi connectivity index (χ2n) is 2.59. The molecule has 0 saturated heterocycles. The van der Waals surface area contributed by atoms with Crippen molar-refractivity contribution in [1.29, 1.82) is 0 Å². The first kappa shape index (κ1) is 10.4. The maximum Gasteiger partial charge on any atom is 0.152 e. The van der Waals surface area contributed by atoms with Gasteiger partial charge in [-0.1, -0.05) is 17.7 Å². The number of phenolic OH excluding ortho intramolecular Hbond substituents is 1. The minimum atomic E-state index is -0.162.